The molecule has 10 heteroatoms. The van der Waals surface area contributed by atoms with Gasteiger partial charge in [-0.25, -0.2) is 17.6 Å². The van der Waals surface area contributed by atoms with Gasteiger partial charge in [0.2, 0.25) is 11.8 Å². The minimum atomic E-state index is -2.92. The Morgan fingerprint density at radius 2 is 1.82 bits per heavy atom. The van der Waals surface area contributed by atoms with Crippen LogP contribution in [0, 0.1) is 6.92 Å². The molecule has 1 aliphatic heterocycles. The van der Waals surface area contributed by atoms with Crippen LogP contribution in [0.1, 0.15) is 48.3 Å². The zero-order valence-corrected chi connectivity index (χ0v) is 18.2. The van der Waals surface area contributed by atoms with E-state index in [2.05, 4.69) is 15.3 Å². The van der Waals surface area contributed by atoms with Gasteiger partial charge in [-0.1, -0.05) is 18.2 Å². The number of alkyl halides is 4. The fourth-order valence-electron chi connectivity index (χ4n) is 3.99. The van der Waals surface area contributed by atoms with Gasteiger partial charge >= 0.3 is 0 Å². The van der Waals surface area contributed by atoms with Crippen LogP contribution in [0.2, 0.25) is 0 Å². The van der Waals surface area contributed by atoms with Crippen LogP contribution in [-0.4, -0.2) is 28.3 Å². The van der Waals surface area contributed by atoms with E-state index in [-0.39, 0.29) is 28.2 Å². The molecule has 0 saturated heterocycles. The maximum Gasteiger partial charge on any atom is 0.281 e. The van der Waals surface area contributed by atoms with Crippen molar-refractivity contribution in [1.82, 2.24) is 9.97 Å². The predicted octanol–water partition coefficient (Wildman–Crippen LogP) is 5.42. The van der Waals surface area contributed by atoms with E-state index in [0.717, 1.165) is 4.90 Å². The van der Waals surface area contributed by atoms with Crippen LogP contribution in [-0.2, 0) is 9.59 Å². The minimum Gasteiger partial charge on any atom is -0.325 e. The average molecular weight is 472 g/mol. The fraction of sp³-hybridized carbons (Fsp3) is 0.250. The number of nitrogens with one attached hydrogen (secondary N) is 1. The maximum atomic E-state index is 14.0. The van der Waals surface area contributed by atoms with Gasteiger partial charge in [0.25, 0.3) is 12.9 Å². The molecule has 3 heterocycles. The first-order valence-electron chi connectivity index (χ1n) is 10.4. The molecule has 4 rings (SSSR count). The lowest BCUT2D eigenvalue weighted by Gasteiger charge is -2.25. The molecule has 1 aliphatic rings. The molecule has 6 nitrogen and oxygen atoms in total. The van der Waals surface area contributed by atoms with Crippen LogP contribution in [0.3, 0.4) is 0 Å². The maximum absolute atomic E-state index is 14.0. The molecule has 0 unspecified atom stereocenters. The number of carbonyl (C=O) groups is 2. The van der Waals surface area contributed by atoms with Crippen LogP contribution >= 0.6 is 0 Å². The third kappa shape index (κ3) is 4.35. The van der Waals surface area contributed by atoms with E-state index in [1.165, 1.54) is 43.5 Å². The lowest BCUT2D eigenvalue weighted by atomic mass is 9.96. The number of hydrogen-bond acceptors (Lipinski definition) is 4. The van der Waals surface area contributed by atoms with Crippen molar-refractivity contribution in [2.24, 2.45) is 0 Å². The largest absolute Gasteiger partial charge is 0.325 e. The predicted molar refractivity (Wildman–Crippen MR) is 118 cm³/mol. The summed E-state index contributed by atoms with van der Waals surface area (Å²) in [6.45, 7) is 2.64. The van der Waals surface area contributed by atoms with E-state index in [9.17, 15) is 27.2 Å². The summed E-state index contributed by atoms with van der Waals surface area (Å²) in [5, 5.41) is 2.56. The summed E-state index contributed by atoms with van der Waals surface area (Å²) in [5.41, 5.74) is 0.669. The van der Waals surface area contributed by atoms with Gasteiger partial charge < -0.3 is 10.2 Å². The summed E-state index contributed by atoms with van der Waals surface area (Å²) in [7, 11) is 0. The van der Waals surface area contributed by atoms with E-state index < -0.39 is 42.8 Å². The Morgan fingerprint density at radius 3 is 2.47 bits per heavy atom. The van der Waals surface area contributed by atoms with E-state index in [4.69, 9.17) is 0 Å². The quantitative estimate of drug-likeness (QED) is 0.504. The molecule has 176 valence electrons. The van der Waals surface area contributed by atoms with Crippen LogP contribution in [0.5, 0.6) is 0 Å². The summed E-state index contributed by atoms with van der Waals surface area (Å²) >= 11 is 0. The molecule has 0 fully saturated rings. The number of fused-ring (bicyclic) bond motifs is 3. The monoisotopic (exact) mass is 472 g/mol. The number of nitrogens with zero attached hydrogens (tertiary/aromatic N) is 3. The van der Waals surface area contributed by atoms with E-state index in [1.54, 1.807) is 19.1 Å². The van der Waals surface area contributed by atoms with Gasteiger partial charge in [-0.15, -0.1) is 0 Å². The standard InChI is InChI=1S/C24H20F4N4O2/c1-12-10-17-19(21(30-12)23(27)28)16-4-3-9-29-20(16)13(2)24(34)32(17)11-18(33)31-15-7-5-14(6-8-15)22(25)26/h3-10,13,22-23H,11H2,1-2H3,(H,31,33)/t13-/m1/s1. The number of aromatic nitrogens is 2. The average Bonchev–Trinajstić information content (AvgIpc) is 2.88. The summed E-state index contributed by atoms with van der Waals surface area (Å²) < 4.78 is 53.5. The highest BCUT2D eigenvalue weighted by atomic mass is 19.3. The second-order valence-electron chi connectivity index (χ2n) is 7.90. The molecule has 0 radical (unpaired) electrons. The molecule has 0 saturated carbocycles. The van der Waals surface area contributed by atoms with Crippen molar-refractivity contribution < 1.29 is 27.2 Å². The number of rotatable bonds is 5. The lowest BCUT2D eigenvalue weighted by Crippen LogP contribution is -2.40. The van der Waals surface area contributed by atoms with Crippen LogP contribution in [0.25, 0.3) is 11.1 Å². The summed E-state index contributed by atoms with van der Waals surface area (Å²) in [6, 6.07) is 9.68. The van der Waals surface area contributed by atoms with Crippen molar-refractivity contribution >= 4 is 23.2 Å². The number of anilines is 2. The third-order valence-corrected chi connectivity index (χ3v) is 5.55. The summed E-state index contributed by atoms with van der Waals surface area (Å²) in [6.07, 6.45) is -4.10. The highest BCUT2D eigenvalue weighted by Gasteiger charge is 2.36. The molecule has 2 aromatic heterocycles. The first-order chi connectivity index (χ1) is 16.2. The molecule has 1 atom stereocenters. The van der Waals surface area contributed by atoms with Crippen LogP contribution < -0.4 is 10.2 Å². The van der Waals surface area contributed by atoms with Gasteiger partial charge in [0.1, 0.15) is 12.2 Å². The number of benzene rings is 1. The molecule has 3 aromatic rings. The van der Waals surface area contributed by atoms with Crippen molar-refractivity contribution in [2.45, 2.75) is 32.6 Å². The molecule has 2 amide bonds. The van der Waals surface area contributed by atoms with Gasteiger partial charge in [0.05, 0.1) is 17.3 Å². The minimum absolute atomic E-state index is 0.0514. The number of aryl methyl sites for hydroxylation is 1. The molecule has 0 bridgehead atoms. The SMILES string of the molecule is Cc1cc2c(c(C(F)F)n1)-c1cccnc1[C@@H](C)C(=O)N2CC(=O)Nc1ccc(C(F)F)cc1. The van der Waals surface area contributed by atoms with Crippen molar-refractivity contribution in [2.75, 3.05) is 16.8 Å². The molecule has 34 heavy (non-hydrogen) atoms. The van der Waals surface area contributed by atoms with Crippen LogP contribution in [0.15, 0.2) is 48.7 Å². The number of hydrogen-bond donors (Lipinski definition) is 1. The van der Waals surface area contributed by atoms with E-state index >= 15 is 0 Å². The Labute approximate surface area is 192 Å². The molecule has 0 aliphatic carbocycles. The van der Waals surface area contributed by atoms with E-state index in [1.807, 2.05) is 0 Å². The first kappa shape index (κ1) is 23.3. The molecular formula is C24H20F4N4O2. The highest BCUT2D eigenvalue weighted by molar-refractivity contribution is 6.09. The van der Waals surface area contributed by atoms with Crippen molar-refractivity contribution in [3.05, 3.63) is 71.3 Å². The number of halogens is 4. The number of pyridine rings is 2. The highest BCUT2D eigenvalue weighted by Crippen LogP contribution is 2.44. The Bertz CT molecular complexity index is 1250. The Balaban J connectivity index is 1.75. The number of amides is 2. The van der Waals surface area contributed by atoms with Gasteiger partial charge in [0, 0.05) is 34.3 Å². The van der Waals surface area contributed by atoms with Crippen molar-refractivity contribution in [1.29, 1.82) is 0 Å². The van der Waals surface area contributed by atoms with E-state index in [0.29, 0.717) is 11.3 Å². The normalized spacial score (nSPS) is 15.2. The summed E-state index contributed by atoms with van der Waals surface area (Å²) in [4.78, 5) is 35.6. The molecule has 1 aromatic carbocycles. The number of carbonyl (C=O) groups excluding carboxylic acids is 2. The lowest BCUT2D eigenvalue weighted by molar-refractivity contribution is -0.122. The van der Waals surface area contributed by atoms with Gasteiger partial charge in [-0.05, 0) is 38.1 Å². The third-order valence-electron chi connectivity index (χ3n) is 5.55. The second kappa shape index (κ2) is 9.20. The zero-order valence-electron chi connectivity index (χ0n) is 18.2. The Hall–Kier alpha value is -3.82. The topological polar surface area (TPSA) is 75.2 Å². The smallest absolute Gasteiger partial charge is 0.281 e. The molecule has 1 N–H and O–H groups in total. The Morgan fingerprint density at radius 1 is 1.12 bits per heavy atom. The van der Waals surface area contributed by atoms with Gasteiger partial charge in [-0.3, -0.25) is 19.6 Å². The molecule has 0 spiro atoms. The van der Waals surface area contributed by atoms with Crippen molar-refractivity contribution in [3.63, 3.8) is 0 Å². The van der Waals surface area contributed by atoms with Crippen LogP contribution in [0.4, 0.5) is 28.9 Å². The zero-order chi connectivity index (χ0) is 24.6. The Kier molecular flexibility index (Phi) is 6.32. The first-order valence-corrected chi connectivity index (χ1v) is 10.4. The molecular weight excluding hydrogens is 452 g/mol. The van der Waals surface area contributed by atoms with Gasteiger partial charge in [-0.2, -0.15) is 0 Å². The summed E-state index contributed by atoms with van der Waals surface area (Å²) in [5.74, 6) is -1.93. The second-order valence-corrected chi connectivity index (χ2v) is 7.90. The van der Waals surface area contributed by atoms with Gasteiger partial charge in [0.15, 0.2) is 0 Å². The fourth-order valence-corrected chi connectivity index (χ4v) is 3.99. The van der Waals surface area contributed by atoms with Crippen molar-refractivity contribution in [3.8, 4) is 11.1 Å².